The van der Waals surface area contributed by atoms with Gasteiger partial charge in [0.15, 0.2) is 11.0 Å². The Bertz CT molecular complexity index is 1000. The number of aromatic nitrogens is 4. The van der Waals surface area contributed by atoms with Gasteiger partial charge in [-0.1, -0.05) is 36.0 Å². The first kappa shape index (κ1) is 20.8. The minimum atomic E-state index is -0.0548. The van der Waals surface area contributed by atoms with Crippen LogP contribution >= 0.6 is 11.8 Å². The number of carbonyl (C=O) groups excluding carboxylic acids is 1. The highest BCUT2D eigenvalue weighted by molar-refractivity contribution is 7.99. The van der Waals surface area contributed by atoms with Crippen molar-refractivity contribution in [2.24, 2.45) is 0 Å². The number of hydrogen-bond donors (Lipinski definition) is 1. The Morgan fingerprint density at radius 3 is 2.66 bits per heavy atom. The van der Waals surface area contributed by atoms with E-state index in [-0.39, 0.29) is 17.7 Å². The largest absolute Gasteiger partial charge is 0.349 e. The minimum Gasteiger partial charge on any atom is -0.349 e. The molecule has 2 aromatic heterocycles. The first-order valence-corrected chi connectivity index (χ1v) is 10.4. The number of nitrogens with one attached hydrogen (secondary N) is 1. The second-order valence-corrected chi connectivity index (χ2v) is 7.81. The fraction of sp³-hybridized carbons (Fsp3) is 0.273. The van der Waals surface area contributed by atoms with E-state index in [2.05, 4.69) is 59.1 Å². The van der Waals surface area contributed by atoms with Gasteiger partial charge in [-0.3, -0.25) is 14.3 Å². The second-order valence-electron chi connectivity index (χ2n) is 6.86. The Hall–Kier alpha value is -2.93. The van der Waals surface area contributed by atoms with Gasteiger partial charge in [0.25, 0.3) is 0 Å². The molecule has 1 aromatic carbocycles. The molecule has 2 heterocycles. The van der Waals surface area contributed by atoms with Gasteiger partial charge in [-0.25, -0.2) is 0 Å². The van der Waals surface area contributed by atoms with Gasteiger partial charge in [0.05, 0.1) is 11.8 Å². The van der Waals surface area contributed by atoms with E-state index in [4.69, 9.17) is 0 Å². The van der Waals surface area contributed by atoms with Crippen molar-refractivity contribution < 1.29 is 4.79 Å². The molecule has 1 N–H and O–H groups in total. The van der Waals surface area contributed by atoms with Crippen LogP contribution in [-0.2, 0) is 11.3 Å². The van der Waals surface area contributed by atoms with Crippen molar-refractivity contribution in [2.75, 3.05) is 5.75 Å². The lowest BCUT2D eigenvalue weighted by Gasteiger charge is -2.15. The van der Waals surface area contributed by atoms with Crippen molar-refractivity contribution >= 4 is 17.7 Å². The van der Waals surface area contributed by atoms with Crippen LogP contribution in [0.3, 0.4) is 0 Å². The zero-order valence-electron chi connectivity index (χ0n) is 16.9. The highest BCUT2D eigenvalue weighted by atomic mass is 32.2. The molecule has 0 aliphatic heterocycles. The fourth-order valence-corrected chi connectivity index (χ4v) is 3.69. The van der Waals surface area contributed by atoms with Crippen LogP contribution in [0.25, 0.3) is 11.4 Å². The van der Waals surface area contributed by atoms with Gasteiger partial charge < -0.3 is 5.32 Å². The van der Waals surface area contributed by atoms with E-state index < -0.39 is 0 Å². The summed E-state index contributed by atoms with van der Waals surface area (Å²) in [4.78, 5) is 16.5. The number of allylic oxidation sites excluding steroid dienone is 1. The predicted molar refractivity (Wildman–Crippen MR) is 117 cm³/mol. The summed E-state index contributed by atoms with van der Waals surface area (Å²) in [5.41, 5.74) is 4.49. The average molecular weight is 408 g/mol. The lowest BCUT2D eigenvalue weighted by atomic mass is 10.0. The number of carbonyl (C=O) groups is 1. The van der Waals surface area contributed by atoms with Gasteiger partial charge in [0.1, 0.15) is 0 Å². The smallest absolute Gasteiger partial charge is 0.230 e. The quantitative estimate of drug-likeness (QED) is 0.449. The molecule has 7 heteroatoms. The summed E-state index contributed by atoms with van der Waals surface area (Å²) < 4.78 is 1.95. The second kappa shape index (κ2) is 9.52. The third-order valence-electron chi connectivity index (χ3n) is 4.71. The molecule has 0 bridgehead atoms. The van der Waals surface area contributed by atoms with Crippen LogP contribution in [0.4, 0.5) is 0 Å². The van der Waals surface area contributed by atoms with Crippen molar-refractivity contribution in [3.63, 3.8) is 0 Å². The van der Waals surface area contributed by atoms with E-state index in [1.165, 1.54) is 22.9 Å². The molecule has 0 saturated carbocycles. The van der Waals surface area contributed by atoms with Gasteiger partial charge in [-0.15, -0.1) is 16.8 Å². The van der Waals surface area contributed by atoms with Crippen LogP contribution in [0.2, 0.25) is 0 Å². The number of aryl methyl sites for hydroxylation is 2. The Morgan fingerprint density at radius 2 is 1.97 bits per heavy atom. The van der Waals surface area contributed by atoms with Gasteiger partial charge in [-0.05, 0) is 49.6 Å². The standard InChI is InChI=1S/C22H25N5OS/c1-5-12-27-21(18-8-10-23-11-9-18)25-26-22(27)29-14-20(28)24-17(4)19-7-6-15(2)16(3)13-19/h5-11,13,17H,1,12,14H2,2-4H3,(H,24,28)/t17-/m1/s1. The number of thioether (sulfide) groups is 1. The van der Waals surface area contributed by atoms with Crippen LogP contribution in [-0.4, -0.2) is 31.4 Å². The van der Waals surface area contributed by atoms with Gasteiger partial charge >= 0.3 is 0 Å². The molecule has 0 unspecified atom stereocenters. The molecule has 0 fully saturated rings. The maximum absolute atomic E-state index is 12.5. The normalized spacial score (nSPS) is 11.8. The van der Waals surface area contributed by atoms with Crippen LogP contribution < -0.4 is 5.32 Å². The summed E-state index contributed by atoms with van der Waals surface area (Å²) in [5.74, 6) is 0.957. The number of pyridine rings is 1. The molecular weight excluding hydrogens is 382 g/mol. The average Bonchev–Trinajstić information content (AvgIpc) is 3.12. The predicted octanol–water partition coefficient (Wildman–Crippen LogP) is 4.11. The molecule has 1 atom stereocenters. The zero-order valence-corrected chi connectivity index (χ0v) is 17.7. The summed E-state index contributed by atoms with van der Waals surface area (Å²) in [6.07, 6.45) is 5.23. The molecule has 0 spiro atoms. The Balaban J connectivity index is 1.66. The molecule has 1 amide bonds. The van der Waals surface area contributed by atoms with Crippen LogP contribution in [0, 0.1) is 13.8 Å². The molecule has 3 aromatic rings. The molecule has 0 aliphatic rings. The van der Waals surface area contributed by atoms with E-state index in [0.29, 0.717) is 11.7 Å². The zero-order chi connectivity index (χ0) is 20.8. The van der Waals surface area contributed by atoms with E-state index in [9.17, 15) is 4.79 Å². The maximum Gasteiger partial charge on any atom is 0.230 e. The first-order valence-electron chi connectivity index (χ1n) is 9.43. The summed E-state index contributed by atoms with van der Waals surface area (Å²) >= 11 is 1.37. The third-order valence-corrected chi connectivity index (χ3v) is 5.67. The number of benzene rings is 1. The number of amides is 1. The molecule has 3 rings (SSSR count). The van der Waals surface area contributed by atoms with E-state index >= 15 is 0 Å². The minimum absolute atomic E-state index is 0.0423. The van der Waals surface area contributed by atoms with Crippen LogP contribution in [0.5, 0.6) is 0 Å². The monoisotopic (exact) mass is 407 g/mol. The topological polar surface area (TPSA) is 72.7 Å². The fourth-order valence-electron chi connectivity index (χ4n) is 2.93. The summed E-state index contributed by atoms with van der Waals surface area (Å²) in [6, 6.07) is 9.98. The van der Waals surface area contributed by atoms with Crippen molar-refractivity contribution in [1.29, 1.82) is 0 Å². The van der Waals surface area contributed by atoms with Crippen molar-refractivity contribution in [2.45, 2.75) is 38.5 Å². The molecular formula is C22H25N5OS. The molecule has 6 nitrogen and oxygen atoms in total. The van der Waals surface area contributed by atoms with Crippen LogP contribution in [0.1, 0.15) is 29.7 Å². The van der Waals surface area contributed by atoms with Crippen molar-refractivity contribution in [3.05, 3.63) is 72.1 Å². The highest BCUT2D eigenvalue weighted by Gasteiger charge is 2.16. The lowest BCUT2D eigenvalue weighted by Crippen LogP contribution is -2.28. The maximum atomic E-state index is 12.5. The first-order chi connectivity index (χ1) is 14.0. The summed E-state index contributed by atoms with van der Waals surface area (Å²) in [6.45, 7) is 10.5. The third kappa shape index (κ3) is 5.12. The Morgan fingerprint density at radius 1 is 1.21 bits per heavy atom. The molecule has 0 aliphatic carbocycles. The molecule has 0 radical (unpaired) electrons. The Kier molecular flexibility index (Phi) is 6.82. The lowest BCUT2D eigenvalue weighted by molar-refractivity contribution is -0.119. The molecule has 150 valence electrons. The van der Waals surface area contributed by atoms with Crippen LogP contribution in [0.15, 0.2) is 60.5 Å². The number of hydrogen-bond acceptors (Lipinski definition) is 5. The van der Waals surface area contributed by atoms with E-state index in [1.807, 2.05) is 23.6 Å². The van der Waals surface area contributed by atoms with Crippen molar-refractivity contribution in [1.82, 2.24) is 25.1 Å². The molecule has 0 saturated heterocycles. The molecule has 29 heavy (non-hydrogen) atoms. The Labute approximate surface area is 175 Å². The van der Waals surface area contributed by atoms with Gasteiger partial charge in [0.2, 0.25) is 5.91 Å². The van der Waals surface area contributed by atoms with Gasteiger partial charge in [-0.2, -0.15) is 0 Å². The van der Waals surface area contributed by atoms with E-state index in [1.54, 1.807) is 18.5 Å². The summed E-state index contributed by atoms with van der Waals surface area (Å²) in [5, 5.41) is 12.3. The van der Waals surface area contributed by atoms with E-state index in [0.717, 1.165) is 17.0 Å². The van der Waals surface area contributed by atoms with Gasteiger partial charge in [0, 0.05) is 24.5 Å². The SMILES string of the molecule is C=CCn1c(SCC(=O)N[C@H](C)c2ccc(C)c(C)c2)nnc1-c1ccncc1. The van der Waals surface area contributed by atoms with Crippen molar-refractivity contribution in [3.8, 4) is 11.4 Å². The number of nitrogens with zero attached hydrogens (tertiary/aromatic N) is 4. The summed E-state index contributed by atoms with van der Waals surface area (Å²) in [7, 11) is 0. The highest BCUT2D eigenvalue weighted by Crippen LogP contribution is 2.24. The number of rotatable bonds is 8.